The molecule has 1 aromatic carbocycles. The molecule has 17 heavy (non-hydrogen) atoms. The molecule has 0 bridgehead atoms. The van der Waals surface area contributed by atoms with Gasteiger partial charge in [-0.1, -0.05) is 23.2 Å². The summed E-state index contributed by atoms with van der Waals surface area (Å²) in [7, 11) is 0. The fourth-order valence-electron chi connectivity index (χ4n) is 1.55. The van der Waals surface area contributed by atoms with Gasteiger partial charge in [0.05, 0.1) is 16.6 Å². The SMILES string of the molecule is NC1=[N+](CC(=O)c2ccc(Cl)c(Cl)c2)CCS1. The van der Waals surface area contributed by atoms with Gasteiger partial charge >= 0.3 is 5.17 Å². The maximum Gasteiger partial charge on any atom is 0.304 e. The molecule has 0 unspecified atom stereocenters. The predicted molar refractivity (Wildman–Crippen MR) is 72.4 cm³/mol. The molecule has 1 heterocycles. The van der Waals surface area contributed by atoms with E-state index in [9.17, 15) is 4.79 Å². The largest absolute Gasteiger partial charge is 0.304 e. The van der Waals surface area contributed by atoms with Crippen LogP contribution in [0.4, 0.5) is 0 Å². The molecule has 2 N–H and O–H groups in total. The molecule has 0 saturated heterocycles. The van der Waals surface area contributed by atoms with Crippen molar-refractivity contribution in [2.45, 2.75) is 0 Å². The zero-order valence-electron chi connectivity index (χ0n) is 8.95. The van der Waals surface area contributed by atoms with Crippen molar-refractivity contribution in [1.82, 2.24) is 0 Å². The van der Waals surface area contributed by atoms with Gasteiger partial charge in [-0.25, -0.2) is 4.58 Å². The number of ketones is 1. The van der Waals surface area contributed by atoms with Crippen LogP contribution in [-0.4, -0.2) is 34.4 Å². The van der Waals surface area contributed by atoms with Gasteiger partial charge in [0.25, 0.3) is 0 Å². The first kappa shape index (κ1) is 12.7. The van der Waals surface area contributed by atoms with E-state index in [0.717, 1.165) is 12.3 Å². The van der Waals surface area contributed by atoms with E-state index >= 15 is 0 Å². The minimum Gasteiger partial charge on any atom is -0.290 e. The van der Waals surface area contributed by atoms with Crippen molar-refractivity contribution in [2.75, 3.05) is 18.8 Å². The Morgan fingerprint density at radius 1 is 1.41 bits per heavy atom. The monoisotopic (exact) mass is 289 g/mol. The van der Waals surface area contributed by atoms with Gasteiger partial charge in [0, 0.05) is 11.3 Å². The normalized spacial score (nSPS) is 15.4. The van der Waals surface area contributed by atoms with Crippen molar-refractivity contribution in [2.24, 2.45) is 5.73 Å². The molecule has 0 amide bonds. The predicted octanol–water partition coefficient (Wildman–Crippen LogP) is 2.25. The number of carbonyl (C=O) groups excluding carboxylic acids is 1. The van der Waals surface area contributed by atoms with Gasteiger partial charge in [0.2, 0.25) is 5.78 Å². The van der Waals surface area contributed by atoms with E-state index in [2.05, 4.69) is 0 Å². The van der Waals surface area contributed by atoms with Crippen molar-refractivity contribution in [1.29, 1.82) is 0 Å². The minimum absolute atomic E-state index is 0.00554. The first-order valence-corrected chi connectivity index (χ1v) is 6.80. The van der Waals surface area contributed by atoms with Crippen LogP contribution in [0.15, 0.2) is 18.2 Å². The summed E-state index contributed by atoms with van der Waals surface area (Å²) in [6, 6.07) is 4.89. The molecule has 0 atom stereocenters. The third-order valence-electron chi connectivity index (χ3n) is 2.50. The van der Waals surface area contributed by atoms with Gasteiger partial charge in [-0.15, -0.1) is 0 Å². The van der Waals surface area contributed by atoms with Crippen LogP contribution < -0.4 is 5.73 Å². The molecule has 1 aromatic rings. The number of benzene rings is 1. The number of hydrogen-bond donors (Lipinski definition) is 1. The van der Waals surface area contributed by atoms with Crippen LogP contribution in [0.5, 0.6) is 0 Å². The Morgan fingerprint density at radius 2 is 2.18 bits per heavy atom. The van der Waals surface area contributed by atoms with E-state index in [0.29, 0.717) is 20.8 Å². The standard InChI is InChI=1S/C11H10Cl2N2OS/c12-8-2-1-7(5-9(8)13)10(16)6-15-3-4-17-11(15)14/h1-2,5,14H,3-4,6H2/p+1. The van der Waals surface area contributed by atoms with Gasteiger partial charge < -0.3 is 0 Å². The Labute approximate surface area is 114 Å². The highest BCUT2D eigenvalue weighted by atomic mass is 35.5. The maximum atomic E-state index is 12.0. The number of hydrogen-bond acceptors (Lipinski definition) is 3. The van der Waals surface area contributed by atoms with Crippen LogP contribution in [0.3, 0.4) is 0 Å². The molecule has 1 aliphatic rings. The molecular formula is C11H11Cl2N2OS+. The zero-order valence-corrected chi connectivity index (χ0v) is 11.3. The minimum atomic E-state index is -0.00554. The average molecular weight is 290 g/mol. The first-order valence-electron chi connectivity index (χ1n) is 5.06. The van der Waals surface area contributed by atoms with Crippen LogP contribution in [-0.2, 0) is 0 Å². The van der Waals surface area contributed by atoms with Crippen molar-refractivity contribution < 1.29 is 9.37 Å². The number of thioether (sulfide) groups is 1. The second kappa shape index (κ2) is 5.29. The van der Waals surface area contributed by atoms with Gasteiger partial charge in [-0.05, 0) is 30.0 Å². The van der Waals surface area contributed by atoms with Crippen molar-refractivity contribution in [3.05, 3.63) is 33.8 Å². The molecule has 0 fully saturated rings. The van der Waals surface area contributed by atoms with Gasteiger partial charge in [0.1, 0.15) is 6.54 Å². The van der Waals surface area contributed by atoms with E-state index < -0.39 is 0 Å². The fraction of sp³-hybridized carbons (Fsp3) is 0.273. The average Bonchev–Trinajstić information content (AvgIpc) is 2.68. The maximum absolute atomic E-state index is 12.0. The van der Waals surface area contributed by atoms with Crippen LogP contribution in [0.25, 0.3) is 0 Å². The molecule has 90 valence electrons. The van der Waals surface area contributed by atoms with Crippen LogP contribution in [0, 0.1) is 0 Å². The van der Waals surface area contributed by atoms with E-state index in [1.54, 1.807) is 30.0 Å². The lowest BCUT2D eigenvalue weighted by atomic mass is 10.1. The fourth-order valence-corrected chi connectivity index (χ4v) is 2.71. The Balaban J connectivity index is 2.15. The summed E-state index contributed by atoms with van der Waals surface area (Å²) in [4.78, 5) is 12.0. The number of rotatable bonds is 3. The molecule has 0 saturated carbocycles. The molecular weight excluding hydrogens is 279 g/mol. The Bertz CT molecular complexity index is 502. The highest BCUT2D eigenvalue weighted by Crippen LogP contribution is 2.23. The molecule has 2 rings (SSSR count). The van der Waals surface area contributed by atoms with Gasteiger partial charge in [0.15, 0.2) is 0 Å². The number of amidine groups is 1. The van der Waals surface area contributed by atoms with Crippen LogP contribution in [0.2, 0.25) is 10.0 Å². The topological polar surface area (TPSA) is 46.1 Å². The third kappa shape index (κ3) is 2.94. The Kier molecular flexibility index (Phi) is 3.97. The smallest absolute Gasteiger partial charge is 0.290 e. The van der Waals surface area contributed by atoms with Crippen LogP contribution in [0.1, 0.15) is 10.4 Å². The number of nitrogens with two attached hydrogens (primary N) is 1. The molecule has 3 nitrogen and oxygen atoms in total. The summed E-state index contributed by atoms with van der Waals surface area (Å²) in [5.74, 6) is 0.925. The number of halogens is 2. The quantitative estimate of drug-likeness (QED) is 0.686. The molecule has 6 heteroatoms. The molecule has 0 aliphatic carbocycles. The number of carbonyl (C=O) groups is 1. The molecule has 1 aliphatic heterocycles. The summed E-state index contributed by atoms with van der Waals surface area (Å²) in [6.07, 6.45) is 0. The number of nitrogens with zero attached hydrogens (tertiary/aromatic N) is 1. The molecule has 0 aromatic heterocycles. The lowest BCUT2D eigenvalue weighted by Gasteiger charge is -2.03. The summed E-state index contributed by atoms with van der Waals surface area (Å²) in [6.45, 7) is 1.10. The lowest BCUT2D eigenvalue weighted by molar-refractivity contribution is -0.504. The van der Waals surface area contributed by atoms with E-state index in [4.69, 9.17) is 28.9 Å². The Morgan fingerprint density at radius 3 is 2.76 bits per heavy atom. The van der Waals surface area contributed by atoms with Gasteiger partial charge in [-0.2, -0.15) is 0 Å². The molecule has 0 radical (unpaired) electrons. The van der Waals surface area contributed by atoms with E-state index in [-0.39, 0.29) is 12.3 Å². The third-order valence-corrected chi connectivity index (χ3v) is 4.18. The van der Waals surface area contributed by atoms with Gasteiger partial charge in [-0.3, -0.25) is 10.5 Å². The highest BCUT2D eigenvalue weighted by Gasteiger charge is 2.21. The summed E-state index contributed by atoms with van der Waals surface area (Å²) in [5, 5.41) is 1.55. The summed E-state index contributed by atoms with van der Waals surface area (Å²) >= 11 is 13.2. The zero-order chi connectivity index (χ0) is 12.4. The molecule has 0 spiro atoms. The highest BCUT2D eigenvalue weighted by molar-refractivity contribution is 8.13. The summed E-state index contributed by atoms with van der Waals surface area (Å²) < 4.78 is 1.87. The van der Waals surface area contributed by atoms with Crippen molar-refractivity contribution >= 4 is 45.9 Å². The lowest BCUT2D eigenvalue weighted by Crippen LogP contribution is -2.26. The van der Waals surface area contributed by atoms with Crippen molar-refractivity contribution in [3.8, 4) is 0 Å². The summed E-state index contributed by atoms with van der Waals surface area (Å²) in [5.41, 5.74) is 6.32. The van der Waals surface area contributed by atoms with Crippen LogP contribution >= 0.6 is 35.0 Å². The van der Waals surface area contributed by atoms with E-state index in [1.807, 2.05) is 4.58 Å². The van der Waals surface area contributed by atoms with E-state index in [1.165, 1.54) is 0 Å². The first-order chi connectivity index (χ1) is 8.08. The second-order valence-electron chi connectivity index (χ2n) is 3.66. The number of Topliss-reactive ketones (excluding diaryl/α,β-unsaturated/α-hetero) is 1. The van der Waals surface area contributed by atoms with Crippen molar-refractivity contribution in [3.63, 3.8) is 0 Å². The second-order valence-corrected chi connectivity index (χ2v) is 5.59. The Hall–Kier alpha value is -0.710.